The second kappa shape index (κ2) is 6.27. The van der Waals surface area contributed by atoms with Crippen LogP contribution < -0.4 is 4.74 Å². The Bertz CT molecular complexity index is 830. The molecule has 0 fully saturated rings. The molecule has 23 heavy (non-hydrogen) atoms. The highest BCUT2D eigenvalue weighted by atomic mass is 16.5. The van der Waals surface area contributed by atoms with Crippen LogP contribution in [0.4, 0.5) is 0 Å². The van der Waals surface area contributed by atoms with Gasteiger partial charge in [0.2, 0.25) is 0 Å². The van der Waals surface area contributed by atoms with Crippen LogP contribution >= 0.6 is 0 Å². The first kappa shape index (κ1) is 14.7. The minimum atomic E-state index is -1.16. The van der Waals surface area contributed by atoms with Crippen LogP contribution in [0.25, 0.3) is 17.1 Å². The first-order valence-corrected chi connectivity index (χ1v) is 7.05. The van der Waals surface area contributed by atoms with Crippen LogP contribution in [0.5, 0.6) is 5.75 Å². The minimum Gasteiger partial charge on any atom is -0.492 e. The average Bonchev–Trinajstić information content (AvgIpc) is 3.01. The quantitative estimate of drug-likeness (QED) is 0.778. The molecule has 0 aliphatic heterocycles. The SMILES string of the molecule is CCOc1ccccc1-n1nnc(C(=O)O)c1-c1ccccn1. The molecular formula is C16H14N4O3. The van der Waals surface area contributed by atoms with E-state index in [2.05, 4.69) is 15.3 Å². The molecule has 2 aromatic heterocycles. The first-order valence-electron chi connectivity index (χ1n) is 7.05. The third-order valence-electron chi connectivity index (χ3n) is 3.17. The maximum atomic E-state index is 11.5. The third kappa shape index (κ3) is 2.76. The Labute approximate surface area is 132 Å². The fraction of sp³-hybridized carbons (Fsp3) is 0.125. The Balaban J connectivity index is 2.24. The predicted octanol–water partition coefficient (Wildman–Crippen LogP) is 2.43. The van der Waals surface area contributed by atoms with Crippen molar-refractivity contribution in [1.29, 1.82) is 0 Å². The topological polar surface area (TPSA) is 90.1 Å². The monoisotopic (exact) mass is 310 g/mol. The van der Waals surface area contributed by atoms with Gasteiger partial charge in [-0.25, -0.2) is 9.48 Å². The fourth-order valence-corrected chi connectivity index (χ4v) is 2.24. The van der Waals surface area contributed by atoms with Gasteiger partial charge in [0.1, 0.15) is 17.1 Å². The van der Waals surface area contributed by atoms with Crippen LogP contribution in [0.1, 0.15) is 17.4 Å². The summed E-state index contributed by atoms with van der Waals surface area (Å²) in [4.78, 5) is 15.7. The van der Waals surface area contributed by atoms with E-state index in [-0.39, 0.29) is 5.69 Å². The zero-order chi connectivity index (χ0) is 16.2. The van der Waals surface area contributed by atoms with E-state index in [9.17, 15) is 9.90 Å². The number of ether oxygens (including phenoxy) is 1. The van der Waals surface area contributed by atoms with Crippen LogP contribution in [0.15, 0.2) is 48.7 Å². The summed E-state index contributed by atoms with van der Waals surface area (Å²) in [6, 6.07) is 12.5. The maximum Gasteiger partial charge on any atom is 0.358 e. The zero-order valence-electron chi connectivity index (χ0n) is 12.4. The summed E-state index contributed by atoms with van der Waals surface area (Å²) in [5.74, 6) is -0.570. The zero-order valence-corrected chi connectivity index (χ0v) is 12.4. The summed E-state index contributed by atoms with van der Waals surface area (Å²) in [7, 11) is 0. The number of para-hydroxylation sites is 2. The number of carboxylic acid groups (broad SMARTS) is 1. The van der Waals surface area contributed by atoms with Crippen molar-refractivity contribution in [2.24, 2.45) is 0 Å². The maximum absolute atomic E-state index is 11.5. The first-order chi connectivity index (χ1) is 11.2. The second-order valence-corrected chi connectivity index (χ2v) is 4.62. The van der Waals surface area contributed by atoms with Gasteiger partial charge in [0.05, 0.1) is 12.3 Å². The molecule has 0 unspecified atom stereocenters. The van der Waals surface area contributed by atoms with E-state index in [4.69, 9.17) is 4.74 Å². The van der Waals surface area contributed by atoms with Gasteiger partial charge < -0.3 is 9.84 Å². The summed E-state index contributed by atoms with van der Waals surface area (Å²) in [6.45, 7) is 2.36. The van der Waals surface area contributed by atoms with Crippen molar-refractivity contribution in [1.82, 2.24) is 20.0 Å². The molecule has 3 rings (SSSR count). The Morgan fingerprint density at radius 2 is 2.00 bits per heavy atom. The summed E-state index contributed by atoms with van der Waals surface area (Å²) < 4.78 is 7.04. The van der Waals surface area contributed by atoms with Gasteiger partial charge in [0.15, 0.2) is 5.69 Å². The largest absolute Gasteiger partial charge is 0.492 e. The van der Waals surface area contributed by atoms with Gasteiger partial charge in [-0.2, -0.15) is 0 Å². The van der Waals surface area contributed by atoms with E-state index in [1.165, 1.54) is 4.68 Å². The van der Waals surface area contributed by atoms with Crippen molar-refractivity contribution in [3.63, 3.8) is 0 Å². The van der Waals surface area contributed by atoms with Crippen molar-refractivity contribution in [3.05, 3.63) is 54.4 Å². The lowest BCUT2D eigenvalue weighted by molar-refractivity contribution is 0.0691. The van der Waals surface area contributed by atoms with E-state index in [0.717, 1.165) is 0 Å². The molecule has 0 aliphatic rings. The van der Waals surface area contributed by atoms with Crippen LogP contribution in [-0.4, -0.2) is 37.7 Å². The molecule has 0 amide bonds. The molecular weight excluding hydrogens is 296 g/mol. The van der Waals surface area contributed by atoms with Crippen molar-refractivity contribution >= 4 is 5.97 Å². The average molecular weight is 310 g/mol. The second-order valence-electron chi connectivity index (χ2n) is 4.62. The third-order valence-corrected chi connectivity index (χ3v) is 3.17. The number of carboxylic acids is 1. The van der Waals surface area contributed by atoms with Gasteiger partial charge in [0.25, 0.3) is 0 Å². The van der Waals surface area contributed by atoms with E-state index >= 15 is 0 Å². The Kier molecular flexibility index (Phi) is 4.01. The summed E-state index contributed by atoms with van der Waals surface area (Å²) >= 11 is 0. The van der Waals surface area contributed by atoms with Crippen LogP contribution in [0.3, 0.4) is 0 Å². The molecule has 1 N–H and O–H groups in total. The predicted molar refractivity (Wildman–Crippen MR) is 82.7 cm³/mol. The number of rotatable bonds is 5. The molecule has 0 saturated carbocycles. The molecule has 7 heteroatoms. The number of benzene rings is 1. The fourth-order valence-electron chi connectivity index (χ4n) is 2.24. The molecule has 3 aromatic rings. The summed E-state index contributed by atoms with van der Waals surface area (Å²) in [6.07, 6.45) is 1.59. The minimum absolute atomic E-state index is 0.157. The van der Waals surface area contributed by atoms with E-state index in [1.54, 1.807) is 36.5 Å². The molecule has 1 aromatic carbocycles. The molecule has 7 nitrogen and oxygen atoms in total. The number of pyridine rings is 1. The normalized spacial score (nSPS) is 10.5. The lowest BCUT2D eigenvalue weighted by atomic mass is 10.2. The smallest absolute Gasteiger partial charge is 0.358 e. The molecule has 2 heterocycles. The highest BCUT2D eigenvalue weighted by molar-refractivity contribution is 5.92. The summed E-state index contributed by atoms with van der Waals surface area (Å²) in [5.41, 5.74) is 1.23. The molecule has 0 aliphatic carbocycles. The number of aromatic carboxylic acids is 1. The molecule has 0 radical (unpaired) electrons. The lowest BCUT2D eigenvalue weighted by Gasteiger charge is -2.11. The number of hydrogen-bond acceptors (Lipinski definition) is 5. The standard InChI is InChI=1S/C16H14N4O3/c1-2-23-13-9-4-3-8-12(13)20-15(11-7-5-6-10-17-11)14(16(21)22)18-19-20/h3-10H,2H2,1H3,(H,21,22). The van der Waals surface area contributed by atoms with E-state index in [0.29, 0.717) is 29.4 Å². The van der Waals surface area contributed by atoms with Gasteiger partial charge in [-0.1, -0.05) is 23.4 Å². The van der Waals surface area contributed by atoms with Crippen LogP contribution in [0.2, 0.25) is 0 Å². The van der Waals surface area contributed by atoms with Crippen molar-refractivity contribution in [2.75, 3.05) is 6.61 Å². The van der Waals surface area contributed by atoms with Crippen LogP contribution in [0, 0.1) is 0 Å². The van der Waals surface area contributed by atoms with Crippen molar-refractivity contribution in [2.45, 2.75) is 6.92 Å². The summed E-state index contributed by atoms with van der Waals surface area (Å²) in [5, 5.41) is 17.2. The van der Waals surface area contributed by atoms with Gasteiger partial charge in [-0.3, -0.25) is 4.98 Å². The number of aromatic nitrogens is 4. The van der Waals surface area contributed by atoms with E-state index < -0.39 is 5.97 Å². The van der Waals surface area contributed by atoms with Gasteiger partial charge in [0, 0.05) is 6.20 Å². The highest BCUT2D eigenvalue weighted by Gasteiger charge is 2.23. The molecule has 0 bridgehead atoms. The van der Waals surface area contributed by atoms with Crippen molar-refractivity contribution < 1.29 is 14.6 Å². The van der Waals surface area contributed by atoms with Crippen LogP contribution in [-0.2, 0) is 0 Å². The van der Waals surface area contributed by atoms with E-state index in [1.807, 2.05) is 19.1 Å². The Morgan fingerprint density at radius 3 is 2.70 bits per heavy atom. The number of carbonyl (C=O) groups is 1. The van der Waals surface area contributed by atoms with Gasteiger partial charge in [-0.15, -0.1) is 5.10 Å². The Hall–Kier alpha value is -3.22. The molecule has 0 atom stereocenters. The number of nitrogens with zero attached hydrogens (tertiary/aromatic N) is 4. The van der Waals surface area contributed by atoms with Gasteiger partial charge >= 0.3 is 5.97 Å². The van der Waals surface area contributed by atoms with Crippen molar-refractivity contribution in [3.8, 4) is 22.8 Å². The number of hydrogen-bond donors (Lipinski definition) is 1. The molecule has 116 valence electrons. The highest BCUT2D eigenvalue weighted by Crippen LogP contribution is 2.28. The Morgan fingerprint density at radius 1 is 1.22 bits per heavy atom. The molecule has 0 spiro atoms. The lowest BCUT2D eigenvalue weighted by Crippen LogP contribution is -2.06. The molecule has 0 saturated heterocycles. The van der Waals surface area contributed by atoms with Gasteiger partial charge in [-0.05, 0) is 31.2 Å².